The van der Waals surface area contributed by atoms with E-state index in [1.165, 1.54) is 45.2 Å². The van der Waals surface area contributed by atoms with E-state index >= 15 is 0 Å². The van der Waals surface area contributed by atoms with Crippen molar-refractivity contribution in [2.45, 2.75) is 71.9 Å². The van der Waals surface area contributed by atoms with Gasteiger partial charge in [0.25, 0.3) is 0 Å². The predicted octanol–water partition coefficient (Wildman–Crippen LogP) is 3.28. The first kappa shape index (κ1) is 13.9. The van der Waals surface area contributed by atoms with Crippen LogP contribution in [0.15, 0.2) is 0 Å². The number of nitrogens with zero attached hydrogens (tertiary/aromatic N) is 1. The Balaban J connectivity index is 1.77. The van der Waals surface area contributed by atoms with Crippen LogP contribution in [0.1, 0.15) is 59.8 Å². The number of likely N-dealkylation sites (N-methyl/N-ethyl adjacent to an activating group) is 1. The van der Waals surface area contributed by atoms with Crippen molar-refractivity contribution in [3.8, 4) is 0 Å². The fourth-order valence-corrected chi connectivity index (χ4v) is 5.88. The molecule has 2 aliphatic carbocycles. The number of rotatable bonds is 3. The van der Waals surface area contributed by atoms with Gasteiger partial charge in [0.05, 0.1) is 0 Å². The molecule has 0 radical (unpaired) electrons. The minimum atomic E-state index is 0.529. The highest BCUT2D eigenvalue weighted by Gasteiger charge is 2.61. The summed E-state index contributed by atoms with van der Waals surface area (Å²) in [7, 11) is 0. The molecule has 2 bridgehead atoms. The molecule has 0 aromatic heterocycles. The first-order valence-corrected chi connectivity index (χ1v) is 8.45. The SMILES string of the molecule is CCNC1CCCN(C2C3(C)CCC(C3)C2(C)C)C1. The van der Waals surface area contributed by atoms with E-state index in [0.29, 0.717) is 10.8 Å². The summed E-state index contributed by atoms with van der Waals surface area (Å²) >= 11 is 0. The summed E-state index contributed by atoms with van der Waals surface area (Å²) in [6, 6.07) is 1.55. The number of fused-ring (bicyclic) bond motifs is 2. The van der Waals surface area contributed by atoms with E-state index in [-0.39, 0.29) is 0 Å². The number of likely N-dealkylation sites (tertiary alicyclic amines) is 1. The molecule has 0 spiro atoms. The molecule has 3 aliphatic rings. The lowest BCUT2D eigenvalue weighted by Crippen LogP contribution is -2.58. The summed E-state index contributed by atoms with van der Waals surface area (Å²) in [6.07, 6.45) is 7.17. The third-order valence-corrected chi connectivity index (χ3v) is 6.50. The predicted molar refractivity (Wildman–Crippen MR) is 81.3 cm³/mol. The topological polar surface area (TPSA) is 15.3 Å². The molecule has 1 N–H and O–H groups in total. The first-order valence-electron chi connectivity index (χ1n) is 8.45. The molecule has 1 aliphatic heterocycles. The molecule has 2 saturated carbocycles. The van der Waals surface area contributed by atoms with Gasteiger partial charge in [-0.15, -0.1) is 0 Å². The van der Waals surface area contributed by atoms with Crippen LogP contribution in [0.4, 0.5) is 0 Å². The second-order valence-electron chi connectivity index (χ2n) is 8.21. The Morgan fingerprint density at radius 1 is 1.21 bits per heavy atom. The summed E-state index contributed by atoms with van der Waals surface area (Å²) < 4.78 is 0. The zero-order valence-corrected chi connectivity index (χ0v) is 13.3. The molecule has 110 valence electrons. The zero-order chi connectivity index (χ0) is 13.7. The Labute approximate surface area is 119 Å². The third-order valence-electron chi connectivity index (χ3n) is 6.50. The van der Waals surface area contributed by atoms with E-state index in [1.54, 1.807) is 0 Å². The number of nitrogens with one attached hydrogen (secondary N) is 1. The van der Waals surface area contributed by atoms with Crippen LogP contribution in [0.3, 0.4) is 0 Å². The molecule has 3 fully saturated rings. The number of hydrogen-bond donors (Lipinski definition) is 1. The highest BCUT2D eigenvalue weighted by molar-refractivity contribution is 5.13. The second kappa shape index (κ2) is 4.73. The maximum atomic E-state index is 3.68. The van der Waals surface area contributed by atoms with Crippen molar-refractivity contribution in [1.29, 1.82) is 0 Å². The molecule has 4 unspecified atom stereocenters. The van der Waals surface area contributed by atoms with E-state index in [9.17, 15) is 0 Å². The first-order chi connectivity index (χ1) is 8.97. The van der Waals surface area contributed by atoms with Crippen molar-refractivity contribution in [3.05, 3.63) is 0 Å². The lowest BCUT2D eigenvalue weighted by atomic mass is 9.67. The quantitative estimate of drug-likeness (QED) is 0.841. The normalized spacial score (nSPS) is 45.8. The van der Waals surface area contributed by atoms with Gasteiger partial charge in [0.1, 0.15) is 0 Å². The van der Waals surface area contributed by atoms with Crippen LogP contribution in [0.2, 0.25) is 0 Å². The molecule has 19 heavy (non-hydrogen) atoms. The van der Waals surface area contributed by atoms with Crippen molar-refractivity contribution >= 4 is 0 Å². The lowest BCUT2D eigenvalue weighted by Gasteiger charge is -2.51. The van der Waals surface area contributed by atoms with Crippen molar-refractivity contribution in [3.63, 3.8) is 0 Å². The van der Waals surface area contributed by atoms with Crippen LogP contribution >= 0.6 is 0 Å². The van der Waals surface area contributed by atoms with Crippen LogP contribution in [0, 0.1) is 16.7 Å². The van der Waals surface area contributed by atoms with Gasteiger partial charge in [0.2, 0.25) is 0 Å². The Morgan fingerprint density at radius 3 is 2.63 bits per heavy atom. The Bertz CT molecular complexity index is 331. The average Bonchev–Trinajstić information content (AvgIpc) is 2.81. The maximum absolute atomic E-state index is 3.68. The van der Waals surface area contributed by atoms with Crippen molar-refractivity contribution < 1.29 is 0 Å². The second-order valence-corrected chi connectivity index (χ2v) is 8.21. The Kier molecular flexibility index (Phi) is 3.46. The van der Waals surface area contributed by atoms with Gasteiger partial charge in [-0.05, 0) is 61.9 Å². The van der Waals surface area contributed by atoms with Crippen LogP contribution in [-0.4, -0.2) is 36.6 Å². The zero-order valence-electron chi connectivity index (χ0n) is 13.3. The van der Waals surface area contributed by atoms with Gasteiger partial charge in [0.15, 0.2) is 0 Å². The van der Waals surface area contributed by atoms with Crippen molar-refractivity contribution in [1.82, 2.24) is 10.2 Å². The van der Waals surface area contributed by atoms with E-state index < -0.39 is 0 Å². The molecule has 0 amide bonds. The van der Waals surface area contributed by atoms with E-state index in [4.69, 9.17) is 0 Å². The molecule has 0 aromatic rings. The van der Waals surface area contributed by atoms with Crippen molar-refractivity contribution in [2.24, 2.45) is 16.7 Å². The highest BCUT2D eigenvalue weighted by atomic mass is 15.2. The van der Waals surface area contributed by atoms with Gasteiger partial charge in [0, 0.05) is 18.6 Å². The monoisotopic (exact) mass is 264 g/mol. The molecule has 2 nitrogen and oxygen atoms in total. The molecule has 1 heterocycles. The van der Waals surface area contributed by atoms with Gasteiger partial charge in [-0.25, -0.2) is 0 Å². The average molecular weight is 264 g/mol. The van der Waals surface area contributed by atoms with Gasteiger partial charge in [-0.3, -0.25) is 4.90 Å². The fourth-order valence-electron chi connectivity index (χ4n) is 5.88. The minimum absolute atomic E-state index is 0.529. The molecule has 2 heteroatoms. The summed E-state index contributed by atoms with van der Waals surface area (Å²) in [5, 5.41) is 3.68. The Hall–Kier alpha value is -0.0800. The van der Waals surface area contributed by atoms with Gasteiger partial charge in [-0.2, -0.15) is 0 Å². The molecule has 4 atom stereocenters. The number of hydrogen-bond acceptors (Lipinski definition) is 2. The minimum Gasteiger partial charge on any atom is -0.313 e. The van der Waals surface area contributed by atoms with Gasteiger partial charge in [-0.1, -0.05) is 27.7 Å². The van der Waals surface area contributed by atoms with Crippen LogP contribution in [0.5, 0.6) is 0 Å². The van der Waals surface area contributed by atoms with Crippen molar-refractivity contribution in [2.75, 3.05) is 19.6 Å². The van der Waals surface area contributed by atoms with Crippen LogP contribution in [0.25, 0.3) is 0 Å². The fraction of sp³-hybridized carbons (Fsp3) is 1.00. The third kappa shape index (κ3) is 2.15. The molecule has 1 saturated heterocycles. The number of piperidine rings is 1. The van der Waals surface area contributed by atoms with E-state index in [1.807, 2.05) is 0 Å². The smallest absolute Gasteiger partial charge is 0.0204 e. The molecular weight excluding hydrogens is 232 g/mol. The standard InChI is InChI=1S/C17H32N2/c1-5-18-14-7-6-10-19(12-14)15-16(2,3)13-8-9-17(15,4)11-13/h13-15,18H,5-12H2,1-4H3. The molecule has 0 aromatic carbocycles. The van der Waals surface area contributed by atoms with Gasteiger partial charge >= 0.3 is 0 Å². The molecule has 3 rings (SSSR count). The Morgan fingerprint density at radius 2 is 2.00 bits per heavy atom. The van der Waals surface area contributed by atoms with E-state index in [0.717, 1.165) is 24.5 Å². The maximum Gasteiger partial charge on any atom is 0.0204 e. The highest BCUT2D eigenvalue weighted by Crippen LogP contribution is 2.64. The summed E-state index contributed by atoms with van der Waals surface area (Å²) in [4.78, 5) is 2.86. The van der Waals surface area contributed by atoms with Crippen LogP contribution in [-0.2, 0) is 0 Å². The lowest BCUT2D eigenvalue weighted by molar-refractivity contribution is -0.0131. The van der Waals surface area contributed by atoms with E-state index in [2.05, 4.69) is 37.9 Å². The summed E-state index contributed by atoms with van der Waals surface area (Å²) in [5.74, 6) is 0.974. The van der Waals surface area contributed by atoms with Gasteiger partial charge < -0.3 is 5.32 Å². The largest absolute Gasteiger partial charge is 0.313 e. The van der Waals surface area contributed by atoms with Crippen LogP contribution < -0.4 is 5.32 Å². The molecular formula is C17H32N2. The summed E-state index contributed by atoms with van der Waals surface area (Å²) in [5.41, 5.74) is 1.13. The summed E-state index contributed by atoms with van der Waals surface area (Å²) in [6.45, 7) is 13.6.